The first-order chi connectivity index (χ1) is 10.7. The van der Waals surface area contributed by atoms with E-state index < -0.39 is 10.0 Å². The SMILES string of the molecule is Cc1c(N)cccc1NC(=O)c1ccc(S(=O)(=O)N(C)C)cc1. The number of nitrogens with one attached hydrogen (secondary N) is 1. The van der Waals surface area contributed by atoms with Gasteiger partial charge in [-0.15, -0.1) is 0 Å². The van der Waals surface area contributed by atoms with Gasteiger partial charge in [-0.2, -0.15) is 0 Å². The van der Waals surface area contributed by atoms with Crippen LogP contribution in [0.25, 0.3) is 0 Å². The Balaban J connectivity index is 2.23. The fraction of sp³-hybridized carbons (Fsp3) is 0.188. The van der Waals surface area contributed by atoms with Gasteiger partial charge in [-0.3, -0.25) is 4.79 Å². The largest absolute Gasteiger partial charge is 0.398 e. The highest BCUT2D eigenvalue weighted by atomic mass is 32.2. The summed E-state index contributed by atoms with van der Waals surface area (Å²) < 4.78 is 25.1. The molecule has 0 aromatic heterocycles. The quantitative estimate of drug-likeness (QED) is 0.838. The lowest BCUT2D eigenvalue weighted by Crippen LogP contribution is -2.22. The maximum atomic E-state index is 12.3. The molecule has 0 aliphatic carbocycles. The molecule has 0 fully saturated rings. The molecule has 0 saturated heterocycles. The Labute approximate surface area is 136 Å². The zero-order valence-corrected chi connectivity index (χ0v) is 14.0. The summed E-state index contributed by atoms with van der Waals surface area (Å²) >= 11 is 0. The molecule has 0 atom stereocenters. The third kappa shape index (κ3) is 3.52. The number of hydrogen-bond acceptors (Lipinski definition) is 4. The van der Waals surface area contributed by atoms with Crippen molar-refractivity contribution in [3.63, 3.8) is 0 Å². The number of carbonyl (C=O) groups excluding carboxylic acids is 1. The minimum Gasteiger partial charge on any atom is -0.398 e. The number of benzene rings is 2. The van der Waals surface area contributed by atoms with Crippen LogP contribution in [-0.2, 0) is 10.0 Å². The van der Waals surface area contributed by atoms with Gasteiger partial charge in [0.25, 0.3) is 5.91 Å². The Morgan fingerprint density at radius 1 is 1.09 bits per heavy atom. The minimum atomic E-state index is -3.51. The Kier molecular flexibility index (Phi) is 4.72. The molecule has 0 aliphatic heterocycles. The maximum Gasteiger partial charge on any atom is 0.255 e. The Bertz CT molecular complexity index is 828. The molecule has 2 aromatic carbocycles. The smallest absolute Gasteiger partial charge is 0.255 e. The van der Waals surface area contributed by atoms with Gasteiger partial charge in [0, 0.05) is 31.0 Å². The molecule has 0 unspecified atom stereocenters. The van der Waals surface area contributed by atoms with E-state index in [9.17, 15) is 13.2 Å². The van der Waals surface area contributed by atoms with Crippen LogP contribution in [0.3, 0.4) is 0 Å². The normalized spacial score (nSPS) is 11.5. The number of nitrogen functional groups attached to an aromatic ring is 1. The molecular formula is C16H19N3O3S. The van der Waals surface area contributed by atoms with Crippen LogP contribution in [0.4, 0.5) is 11.4 Å². The second-order valence-electron chi connectivity index (χ2n) is 5.29. The number of hydrogen-bond donors (Lipinski definition) is 2. The fourth-order valence-corrected chi connectivity index (χ4v) is 2.87. The average molecular weight is 333 g/mol. The summed E-state index contributed by atoms with van der Waals surface area (Å²) in [5, 5.41) is 2.77. The topological polar surface area (TPSA) is 92.5 Å². The molecule has 0 aliphatic rings. The third-order valence-electron chi connectivity index (χ3n) is 3.52. The van der Waals surface area contributed by atoms with E-state index in [4.69, 9.17) is 5.73 Å². The number of sulfonamides is 1. The molecule has 0 radical (unpaired) electrons. The molecule has 0 bridgehead atoms. The molecule has 2 rings (SSSR count). The van der Waals surface area contributed by atoms with Crippen molar-refractivity contribution in [2.45, 2.75) is 11.8 Å². The highest BCUT2D eigenvalue weighted by Gasteiger charge is 2.17. The molecule has 2 aromatic rings. The fourth-order valence-electron chi connectivity index (χ4n) is 1.97. The molecule has 0 spiro atoms. The van der Waals surface area contributed by atoms with E-state index in [-0.39, 0.29) is 10.8 Å². The average Bonchev–Trinajstić information content (AvgIpc) is 2.51. The number of rotatable bonds is 4. The second kappa shape index (κ2) is 6.39. The lowest BCUT2D eigenvalue weighted by molar-refractivity contribution is 0.102. The van der Waals surface area contributed by atoms with E-state index in [2.05, 4.69) is 5.32 Å². The summed E-state index contributed by atoms with van der Waals surface area (Å²) in [6.45, 7) is 1.82. The van der Waals surface area contributed by atoms with E-state index in [1.165, 1.54) is 38.4 Å². The standard InChI is InChI=1S/C16H19N3O3S/c1-11-14(17)5-4-6-15(11)18-16(20)12-7-9-13(10-8-12)23(21,22)19(2)3/h4-10H,17H2,1-3H3,(H,18,20). The van der Waals surface area contributed by atoms with E-state index in [0.717, 1.165) is 9.87 Å². The predicted octanol–water partition coefficient (Wildman–Crippen LogP) is 2.08. The number of nitrogens with two attached hydrogens (primary N) is 1. The maximum absolute atomic E-state index is 12.3. The lowest BCUT2D eigenvalue weighted by Gasteiger charge is -2.12. The Morgan fingerprint density at radius 2 is 1.70 bits per heavy atom. The molecule has 122 valence electrons. The third-order valence-corrected chi connectivity index (χ3v) is 5.35. The van der Waals surface area contributed by atoms with Crippen molar-refractivity contribution in [1.29, 1.82) is 0 Å². The van der Waals surface area contributed by atoms with E-state index in [1.54, 1.807) is 18.2 Å². The summed E-state index contributed by atoms with van der Waals surface area (Å²) in [7, 11) is -0.592. The van der Waals surface area contributed by atoms with Gasteiger partial charge >= 0.3 is 0 Å². The van der Waals surface area contributed by atoms with Crippen molar-refractivity contribution >= 4 is 27.3 Å². The second-order valence-corrected chi connectivity index (χ2v) is 7.44. The van der Waals surface area contributed by atoms with E-state index in [1.807, 2.05) is 6.92 Å². The van der Waals surface area contributed by atoms with Crippen LogP contribution in [0.15, 0.2) is 47.4 Å². The molecule has 7 heteroatoms. The summed E-state index contributed by atoms with van der Waals surface area (Å²) in [6, 6.07) is 11.1. The van der Waals surface area contributed by atoms with Gasteiger partial charge in [0.15, 0.2) is 0 Å². The first-order valence-electron chi connectivity index (χ1n) is 6.92. The van der Waals surface area contributed by atoms with Crippen molar-refractivity contribution < 1.29 is 13.2 Å². The van der Waals surface area contributed by atoms with Crippen molar-refractivity contribution in [2.75, 3.05) is 25.1 Å². The van der Waals surface area contributed by atoms with Gasteiger partial charge in [0.05, 0.1) is 4.90 Å². The van der Waals surface area contributed by atoms with Crippen LogP contribution >= 0.6 is 0 Å². The monoisotopic (exact) mass is 333 g/mol. The minimum absolute atomic E-state index is 0.138. The number of carbonyl (C=O) groups is 1. The zero-order chi connectivity index (χ0) is 17.2. The van der Waals surface area contributed by atoms with Crippen molar-refractivity contribution in [2.24, 2.45) is 0 Å². The highest BCUT2D eigenvalue weighted by molar-refractivity contribution is 7.89. The highest BCUT2D eigenvalue weighted by Crippen LogP contribution is 2.21. The van der Waals surface area contributed by atoms with Crippen molar-refractivity contribution in [1.82, 2.24) is 4.31 Å². The Morgan fingerprint density at radius 3 is 2.26 bits per heavy atom. The summed E-state index contributed by atoms with van der Waals surface area (Å²) in [6.07, 6.45) is 0. The zero-order valence-electron chi connectivity index (χ0n) is 13.2. The van der Waals surface area contributed by atoms with Gasteiger partial charge in [0.1, 0.15) is 0 Å². The van der Waals surface area contributed by atoms with E-state index in [0.29, 0.717) is 16.9 Å². The van der Waals surface area contributed by atoms with Crippen LogP contribution < -0.4 is 11.1 Å². The van der Waals surface area contributed by atoms with Gasteiger partial charge in [-0.25, -0.2) is 12.7 Å². The van der Waals surface area contributed by atoms with Crippen LogP contribution in [0.2, 0.25) is 0 Å². The first-order valence-corrected chi connectivity index (χ1v) is 8.36. The molecular weight excluding hydrogens is 314 g/mol. The number of nitrogens with zero attached hydrogens (tertiary/aromatic N) is 1. The van der Waals surface area contributed by atoms with Crippen LogP contribution in [0.5, 0.6) is 0 Å². The molecule has 23 heavy (non-hydrogen) atoms. The van der Waals surface area contributed by atoms with Crippen LogP contribution in [0.1, 0.15) is 15.9 Å². The number of anilines is 2. The first kappa shape index (κ1) is 17.0. The Hall–Kier alpha value is -2.38. The van der Waals surface area contributed by atoms with Gasteiger partial charge in [-0.05, 0) is 48.9 Å². The summed E-state index contributed by atoms with van der Waals surface area (Å²) in [5.41, 5.74) is 8.18. The van der Waals surface area contributed by atoms with Crippen LogP contribution in [-0.4, -0.2) is 32.7 Å². The number of amides is 1. The van der Waals surface area contributed by atoms with E-state index >= 15 is 0 Å². The van der Waals surface area contributed by atoms with Crippen LogP contribution in [0, 0.1) is 6.92 Å². The summed E-state index contributed by atoms with van der Waals surface area (Å²) in [4.78, 5) is 12.4. The van der Waals surface area contributed by atoms with Gasteiger partial charge in [0.2, 0.25) is 10.0 Å². The molecule has 3 N–H and O–H groups in total. The molecule has 0 heterocycles. The molecule has 0 saturated carbocycles. The molecule has 1 amide bonds. The summed E-state index contributed by atoms with van der Waals surface area (Å²) in [5.74, 6) is -0.326. The van der Waals surface area contributed by atoms with Gasteiger partial charge in [-0.1, -0.05) is 6.07 Å². The van der Waals surface area contributed by atoms with Gasteiger partial charge < -0.3 is 11.1 Å². The van der Waals surface area contributed by atoms with Crippen molar-refractivity contribution in [3.8, 4) is 0 Å². The predicted molar refractivity (Wildman–Crippen MR) is 90.9 cm³/mol. The molecule has 6 nitrogen and oxygen atoms in total. The lowest BCUT2D eigenvalue weighted by atomic mass is 10.1. The van der Waals surface area contributed by atoms with Crippen molar-refractivity contribution in [3.05, 3.63) is 53.6 Å².